The minimum atomic E-state index is 0.0413. The highest BCUT2D eigenvalue weighted by molar-refractivity contribution is 7.22. The molecule has 0 aliphatic heterocycles. The Hall–Kier alpha value is -6.31. The fraction of sp³-hybridized carbons (Fsp3) is 0.121. The first-order chi connectivity index (χ1) is 22.4. The van der Waals surface area contributed by atoms with Gasteiger partial charge in [0, 0.05) is 22.7 Å². The quantitative estimate of drug-likeness (QED) is 0.0339. The van der Waals surface area contributed by atoms with E-state index in [9.17, 15) is 10.5 Å². The van der Waals surface area contributed by atoms with Crippen LogP contribution in [0.5, 0.6) is 0 Å². The first-order valence-electron chi connectivity index (χ1n) is 14.3. The summed E-state index contributed by atoms with van der Waals surface area (Å²) in [4.78, 5) is 9.30. The van der Waals surface area contributed by atoms with Gasteiger partial charge in [0.15, 0.2) is 22.6 Å². The number of pyridine rings is 1. The minimum absolute atomic E-state index is 0.0413. The molecule has 5 rings (SSSR count). The number of benzene rings is 3. The number of allylic oxidation sites excluding steroid dienone is 1. The number of rotatable bonds is 12. The van der Waals surface area contributed by atoms with Crippen LogP contribution < -0.4 is 27.4 Å². The average Bonchev–Trinajstić information content (AvgIpc) is 3.48. The fourth-order valence-corrected chi connectivity index (χ4v) is 5.13. The van der Waals surface area contributed by atoms with Crippen molar-refractivity contribution in [3.63, 3.8) is 0 Å². The summed E-state index contributed by atoms with van der Waals surface area (Å²) in [6.07, 6.45) is 2.00. The van der Waals surface area contributed by atoms with Crippen LogP contribution in [0.1, 0.15) is 31.7 Å². The summed E-state index contributed by atoms with van der Waals surface area (Å²) in [5, 5.41) is 47.7. The number of aromatic nitrogens is 2. The lowest BCUT2D eigenvalue weighted by Crippen LogP contribution is -2.08. The Morgan fingerprint density at radius 2 is 1.57 bits per heavy atom. The van der Waals surface area contributed by atoms with Gasteiger partial charge in [0.2, 0.25) is 0 Å². The van der Waals surface area contributed by atoms with Crippen molar-refractivity contribution in [2.24, 2.45) is 10.2 Å². The number of nitrogens with zero attached hydrogens (tertiary/aromatic N) is 6. The Labute approximate surface area is 269 Å². The van der Waals surface area contributed by atoms with E-state index in [4.69, 9.17) is 21.9 Å². The van der Waals surface area contributed by atoms with Crippen LogP contribution in [0.3, 0.4) is 0 Å². The van der Waals surface area contributed by atoms with Gasteiger partial charge in [-0.2, -0.15) is 10.5 Å². The van der Waals surface area contributed by atoms with Crippen LogP contribution in [0.15, 0.2) is 100 Å². The molecular formula is C33H30N12S. The molecule has 0 fully saturated rings. The highest BCUT2D eigenvalue weighted by atomic mass is 32.1. The summed E-state index contributed by atoms with van der Waals surface area (Å²) in [5.41, 5.74) is 15.6. The molecule has 0 bridgehead atoms. The van der Waals surface area contributed by atoms with E-state index in [-0.39, 0.29) is 40.0 Å². The van der Waals surface area contributed by atoms with E-state index < -0.39 is 0 Å². The molecule has 0 unspecified atom stereocenters. The van der Waals surface area contributed by atoms with Crippen molar-refractivity contribution in [2.75, 3.05) is 27.4 Å². The van der Waals surface area contributed by atoms with E-state index in [2.05, 4.69) is 43.3 Å². The number of nitrogens with one attached hydrogen (secondary N) is 4. The number of fused-ring (bicyclic) bond motifs is 1. The predicted molar refractivity (Wildman–Crippen MR) is 185 cm³/mol. The maximum Gasteiger partial charge on any atom is 0.189 e. The Balaban J connectivity index is 1.59. The van der Waals surface area contributed by atoms with Crippen molar-refractivity contribution < 1.29 is 0 Å². The molecule has 228 valence electrons. The fourth-order valence-electron chi connectivity index (χ4n) is 4.27. The molecule has 46 heavy (non-hydrogen) atoms. The first kappa shape index (κ1) is 31.1. The van der Waals surface area contributed by atoms with Gasteiger partial charge in [-0.05, 0) is 79.6 Å². The van der Waals surface area contributed by atoms with E-state index in [1.165, 1.54) is 11.3 Å². The largest absolute Gasteiger partial charge is 0.399 e. The van der Waals surface area contributed by atoms with E-state index >= 15 is 0 Å². The van der Waals surface area contributed by atoms with Gasteiger partial charge in [-0.1, -0.05) is 36.8 Å². The number of unbranched alkanes of at least 4 members (excludes halogenated alkanes) is 1. The summed E-state index contributed by atoms with van der Waals surface area (Å²) in [6, 6.07) is 27.6. The van der Waals surface area contributed by atoms with Crippen LogP contribution in [0, 0.1) is 28.1 Å². The van der Waals surface area contributed by atoms with Crippen LogP contribution in [0.2, 0.25) is 0 Å². The number of hydrogen-bond donors (Lipinski definition) is 6. The molecule has 0 radical (unpaired) electrons. The second-order valence-corrected chi connectivity index (χ2v) is 11.1. The summed E-state index contributed by atoms with van der Waals surface area (Å²) < 4.78 is 0.947. The van der Waals surface area contributed by atoms with Gasteiger partial charge < -0.3 is 32.8 Å². The van der Waals surface area contributed by atoms with Crippen LogP contribution in [0.4, 0.5) is 45.2 Å². The SMILES string of the molecule is CCCCC(=N)/C(C#N)=C(/N=Nc1cc(C#N)c(Nc2ccc(N)cc2)nc1Nc1ccc(N)cc1)Nc1nc2ccccc2s1. The standard InChI is InChI=1S/C33H30N12S/c1-2-3-6-26(38)25(19-35)31(43-33-41-27-7-4-5-8-29(27)46-33)45-44-28-17-20(18-34)30(39-23-13-9-21(36)10-14-23)42-32(28)40-24-15-11-22(37)12-16-24/h4-5,7-17,38H,2-3,6,36-37H2,1H3,(H,41,43)(H2,39,40,42)/b31-25+,38-26?,45-44?. The number of thiazole rings is 1. The molecule has 0 amide bonds. The van der Waals surface area contributed by atoms with E-state index in [1.54, 1.807) is 54.6 Å². The molecule has 3 aromatic carbocycles. The smallest absolute Gasteiger partial charge is 0.189 e. The van der Waals surface area contributed by atoms with Crippen LogP contribution >= 0.6 is 11.3 Å². The maximum absolute atomic E-state index is 10.1. The Morgan fingerprint density at radius 3 is 2.17 bits per heavy atom. The molecule has 0 aliphatic carbocycles. The van der Waals surface area contributed by atoms with Crippen molar-refractivity contribution in [2.45, 2.75) is 26.2 Å². The summed E-state index contributed by atoms with van der Waals surface area (Å²) >= 11 is 1.39. The lowest BCUT2D eigenvalue weighted by molar-refractivity contribution is 0.832. The monoisotopic (exact) mass is 626 g/mol. The van der Waals surface area contributed by atoms with Crippen LogP contribution in [0.25, 0.3) is 10.2 Å². The van der Waals surface area contributed by atoms with Gasteiger partial charge in [0.25, 0.3) is 0 Å². The van der Waals surface area contributed by atoms with Gasteiger partial charge in [0.1, 0.15) is 23.4 Å². The molecule has 13 heteroatoms. The van der Waals surface area contributed by atoms with Gasteiger partial charge in [0.05, 0.1) is 21.5 Å². The van der Waals surface area contributed by atoms with E-state index in [0.29, 0.717) is 34.3 Å². The van der Waals surface area contributed by atoms with Crippen molar-refractivity contribution in [1.82, 2.24) is 9.97 Å². The molecule has 2 heterocycles. The lowest BCUT2D eigenvalue weighted by atomic mass is 10.1. The minimum Gasteiger partial charge on any atom is -0.399 e. The highest BCUT2D eigenvalue weighted by Gasteiger charge is 2.17. The van der Waals surface area contributed by atoms with Gasteiger partial charge in [-0.3, -0.25) is 0 Å². The number of azo groups is 1. The van der Waals surface area contributed by atoms with Crippen LogP contribution in [-0.4, -0.2) is 15.7 Å². The molecule has 2 aromatic heterocycles. The van der Waals surface area contributed by atoms with Crippen LogP contribution in [-0.2, 0) is 0 Å². The first-order valence-corrected chi connectivity index (χ1v) is 15.1. The zero-order valence-electron chi connectivity index (χ0n) is 24.9. The summed E-state index contributed by atoms with van der Waals surface area (Å²) in [5.74, 6) is 0.625. The predicted octanol–water partition coefficient (Wildman–Crippen LogP) is 8.36. The Bertz CT molecular complexity index is 1980. The zero-order chi connectivity index (χ0) is 32.5. The topological polar surface area (TPSA) is 210 Å². The van der Waals surface area contributed by atoms with Gasteiger partial charge in [-0.25, -0.2) is 9.97 Å². The Kier molecular flexibility index (Phi) is 9.77. The third-order valence-electron chi connectivity index (χ3n) is 6.68. The summed E-state index contributed by atoms with van der Waals surface area (Å²) in [7, 11) is 0. The molecule has 12 nitrogen and oxygen atoms in total. The van der Waals surface area contributed by atoms with E-state index in [0.717, 1.165) is 23.1 Å². The second-order valence-electron chi connectivity index (χ2n) is 10.1. The number of hydrogen-bond acceptors (Lipinski definition) is 13. The molecular weight excluding hydrogens is 597 g/mol. The average molecular weight is 627 g/mol. The number of nitriles is 2. The van der Waals surface area contributed by atoms with Gasteiger partial charge in [-0.15, -0.1) is 10.2 Å². The molecule has 5 aromatic rings. The van der Waals surface area contributed by atoms with Crippen molar-refractivity contribution in [1.29, 1.82) is 15.9 Å². The third-order valence-corrected chi connectivity index (χ3v) is 7.63. The van der Waals surface area contributed by atoms with Crippen molar-refractivity contribution in [3.8, 4) is 12.1 Å². The number of anilines is 7. The third kappa shape index (κ3) is 7.60. The summed E-state index contributed by atoms with van der Waals surface area (Å²) in [6.45, 7) is 2.02. The molecule has 0 saturated carbocycles. The van der Waals surface area contributed by atoms with Crippen molar-refractivity contribution in [3.05, 3.63) is 95.8 Å². The maximum atomic E-state index is 10.1. The molecule has 0 aliphatic rings. The molecule has 0 atom stereocenters. The molecule has 0 spiro atoms. The highest BCUT2D eigenvalue weighted by Crippen LogP contribution is 2.34. The molecule has 0 saturated heterocycles. The normalized spacial score (nSPS) is 11.5. The van der Waals surface area contributed by atoms with E-state index in [1.807, 2.05) is 31.2 Å². The van der Waals surface area contributed by atoms with Gasteiger partial charge >= 0.3 is 0 Å². The lowest BCUT2D eigenvalue weighted by Gasteiger charge is -2.14. The number of para-hydroxylation sites is 1. The number of nitrogens with two attached hydrogens (primary N) is 2. The Morgan fingerprint density at radius 1 is 0.913 bits per heavy atom. The second kappa shape index (κ2) is 14.4. The number of nitrogen functional groups attached to an aromatic ring is 2. The van der Waals surface area contributed by atoms with Crippen molar-refractivity contribution >= 4 is 72.5 Å². The molecule has 8 N–H and O–H groups in total. The zero-order valence-corrected chi connectivity index (χ0v) is 25.7.